The van der Waals surface area contributed by atoms with Gasteiger partial charge in [0.1, 0.15) is 0 Å². The molecule has 0 spiro atoms. The molecule has 0 saturated carbocycles. The monoisotopic (exact) mass is 123 g/mol. The van der Waals surface area contributed by atoms with Gasteiger partial charge in [-0.25, -0.2) is 0 Å². The van der Waals surface area contributed by atoms with Gasteiger partial charge in [0, 0.05) is 6.04 Å². The number of hydrogen-bond donors (Lipinski definition) is 0. The van der Waals surface area contributed by atoms with E-state index in [4.69, 9.17) is 6.42 Å². The topological polar surface area (TPSA) is 3.24 Å². The third-order valence-electron chi connectivity index (χ3n) is 1.38. The molecule has 0 fully saturated rings. The molecule has 0 aliphatic heterocycles. The van der Waals surface area contributed by atoms with Crippen LogP contribution in [0, 0.1) is 12.3 Å². The second-order valence-electron chi connectivity index (χ2n) is 2.10. The molecule has 50 valence electrons. The Kier molecular flexibility index (Phi) is 3.83. The van der Waals surface area contributed by atoms with Gasteiger partial charge in [0.15, 0.2) is 0 Å². The highest BCUT2D eigenvalue weighted by molar-refractivity contribution is 4.92. The Bertz CT molecular complexity index is 121. The van der Waals surface area contributed by atoms with Gasteiger partial charge in [0.25, 0.3) is 0 Å². The van der Waals surface area contributed by atoms with E-state index in [1.807, 2.05) is 18.0 Å². The van der Waals surface area contributed by atoms with Gasteiger partial charge in [-0.15, -0.1) is 13.0 Å². The lowest BCUT2D eigenvalue weighted by molar-refractivity contribution is 0.334. The first kappa shape index (κ1) is 8.26. The quantitative estimate of drug-likeness (QED) is 0.401. The summed E-state index contributed by atoms with van der Waals surface area (Å²) in [5.41, 5.74) is 0. The predicted molar refractivity (Wildman–Crippen MR) is 41.1 cm³/mol. The third-order valence-corrected chi connectivity index (χ3v) is 1.38. The molecule has 9 heavy (non-hydrogen) atoms. The lowest BCUT2D eigenvalue weighted by atomic mass is 10.3. The highest BCUT2D eigenvalue weighted by Crippen LogP contribution is 1.93. The fraction of sp³-hybridized carbons (Fsp3) is 0.500. The molecule has 0 bridgehead atoms. The lowest BCUT2D eigenvalue weighted by Gasteiger charge is -2.17. The molecule has 0 rings (SSSR count). The van der Waals surface area contributed by atoms with Crippen molar-refractivity contribution in [3.8, 4) is 12.3 Å². The van der Waals surface area contributed by atoms with Crippen molar-refractivity contribution in [2.75, 3.05) is 13.6 Å². The maximum Gasteiger partial charge on any atom is 0.0601 e. The minimum atomic E-state index is 0.376. The predicted octanol–water partition coefficient (Wildman–Crippen LogP) is 1.13. The van der Waals surface area contributed by atoms with E-state index in [2.05, 4.69) is 19.4 Å². The van der Waals surface area contributed by atoms with Crippen LogP contribution in [0.5, 0.6) is 0 Å². The molecule has 0 saturated heterocycles. The Balaban J connectivity index is 3.60. The molecule has 0 N–H and O–H groups in total. The first-order valence-corrected chi connectivity index (χ1v) is 2.98. The molecule has 0 aromatic rings. The molecule has 0 aliphatic rings. The number of rotatable bonds is 3. The largest absolute Gasteiger partial charge is 0.289 e. The molecule has 0 amide bonds. The van der Waals surface area contributed by atoms with Gasteiger partial charge in [-0.3, -0.25) is 4.90 Å². The van der Waals surface area contributed by atoms with E-state index >= 15 is 0 Å². The molecule has 0 aromatic carbocycles. The van der Waals surface area contributed by atoms with Crippen LogP contribution in [0.15, 0.2) is 12.7 Å². The van der Waals surface area contributed by atoms with Crippen LogP contribution in [0.3, 0.4) is 0 Å². The summed E-state index contributed by atoms with van der Waals surface area (Å²) in [5, 5.41) is 0. The number of hydrogen-bond acceptors (Lipinski definition) is 1. The first-order chi connectivity index (χ1) is 4.22. The average Bonchev–Trinajstić information content (AvgIpc) is 1.87. The van der Waals surface area contributed by atoms with Crippen LogP contribution in [0.1, 0.15) is 6.92 Å². The SMILES string of the molecule is C#CCN(C)C(C)C=C. The van der Waals surface area contributed by atoms with Crippen LogP contribution in [-0.2, 0) is 0 Å². The lowest BCUT2D eigenvalue weighted by Crippen LogP contribution is -2.27. The van der Waals surface area contributed by atoms with Gasteiger partial charge in [-0.1, -0.05) is 12.0 Å². The van der Waals surface area contributed by atoms with Crippen molar-refractivity contribution in [2.45, 2.75) is 13.0 Å². The zero-order valence-electron chi connectivity index (χ0n) is 6.09. The van der Waals surface area contributed by atoms with Crippen LogP contribution in [0.4, 0.5) is 0 Å². The van der Waals surface area contributed by atoms with Crippen LogP contribution in [0.25, 0.3) is 0 Å². The van der Waals surface area contributed by atoms with Gasteiger partial charge < -0.3 is 0 Å². The van der Waals surface area contributed by atoms with Gasteiger partial charge in [-0.2, -0.15) is 0 Å². The van der Waals surface area contributed by atoms with E-state index in [-0.39, 0.29) is 0 Å². The van der Waals surface area contributed by atoms with E-state index in [1.54, 1.807) is 0 Å². The second-order valence-corrected chi connectivity index (χ2v) is 2.10. The highest BCUT2D eigenvalue weighted by atomic mass is 15.1. The molecule has 1 heteroatoms. The van der Waals surface area contributed by atoms with Crippen LogP contribution >= 0.6 is 0 Å². The van der Waals surface area contributed by atoms with E-state index < -0.39 is 0 Å². The second kappa shape index (κ2) is 4.17. The molecule has 0 aliphatic carbocycles. The Morgan fingerprint density at radius 2 is 2.44 bits per heavy atom. The first-order valence-electron chi connectivity index (χ1n) is 2.98. The van der Waals surface area contributed by atoms with Gasteiger partial charge >= 0.3 is 0 Å². The standard InChI is InChI=1S/C8H13N/c1-5-7-9(4)8(3)6-2/h1,6,8H,2,7H2,3-4H3. The maximum absolute atomic E-state index is 5.10. The van der Waals surface area contributed by atoms with Gasteiger partial charge in [-0.05, 0) is 14.0 Å². The van der Waals surface area contributed by atoms with Crippen molar-refractivity contribution in [1.29, 1.82) is 0 Å². The zero-order valence-corrected chi connectivity index (χ0v) is 6.09. The Morgan fingerprint density at radius 1 is 1.89 bits per heavy atom. The minimum Gasteiger partial charge on any atom is -0.289 e. The summed E-state index contributed by atoms with van der Waals surface area (Å²) in [6.07, 6.45) is 6.97. The van der Waals surface area contributed by atoms with Gasteiger partial charge in [0.05, 0.1) is 6.54 Å². The fourth-order valence-corrected chi connectivity index (χ4v) is 0.468. The summed E-state index contributed by atoms with van der Waals surface area (Å²) < 4.78 is 0. The summed E-state index contributed by atoms with van der Waals surface area (Å²) >= 11 is 0. The van der Waals surface area contributed by atoms with Crippen molar-refractivity contribution in [1.82, 2.24) is 4.90 Å². The number of terminal acetylenes is 1. The van der Waals surface area contributed by atoms with Crippen molar-refractivity contribution in [2.24, 2.45) is 0 Å². The van der Waals surface area contributed by atoms with Gasteiger partial charge in [0.2, 0.25) is 0 Å². The van der Waals surface area contributed by atoms with Crippen molar-refractivity contribution in [3.05, 3.63) is 12.7 Å². The summed E-state index contributed by atoms with van der Waals surface area (Å²) in [5.74, 6) is 2.56. The summed E-state index contributed by atoms with van der Waals surface area (Å²) in [6.45, 7) is 6.40. The number of likely N-dealkylation sites (N-methyl/N-ethyl adjacent to an activating group) is 1. The molecule has 1 nitrogen and oxygen atoms in total. The maximum atomic E-state index is 5.10. The van der Waals surface area contributed by atoms with Crippen molar-refractivity contribution in [3.63, 3.8) is 0 Å². The van der Waals surface area contributed by atoms with Crippen LogP contribution in [-0.4, -0.2) is 24.5 Å². The van der Waals surface area contributed by atoms with E-state index in [1.165, 1.54) is 0 Å². The smallest absolute Gasteiger partial charge is 0.0601 e. The van der Waals surface area contributed by atoms with E-state index in [9.17, 15) is 0 Å². The molecular formula is C8H13N. The van der Waals surface area contributed by atoms with E-state index in [0.717, 1.165) is 0 Å². The van der Waals surface area contributed by atoms with Crippen LogP contribution < -0.4 is 0 Å². The fourth-order valence-electron chi connectivity index (χ4n) is 0.468. The highest BCUT2D eigenvalue weighted by Gasteiger charge is 2.00. The van der Waals surface area contributed by atoms with Crippen molar-refractivity contribution >= 4 is 0 Å². The summed E-state index contributed by atoms with van der Waals surface area (Å²) in [4.78, 5) is 2.05. The normalized spacial score (nSPS) is 12.7. The average molecular weight is 123 g/mol. The Morgan fingerprint density at radius 3 is 2.78 bits per heavy atom. The summed E-state index contributed by atoms with van der Waals surface area (Å²) in [6, 6.07) is 0.376. The third kappa shape index (κ3) is 2.94. The number of nitrogens with zero attached hydrogens (tertiary/aromatic N) is 1. The molecular weight excluding hydrogens is 110 g/mol. The molecule has 0 radical (unpaired) electrons. The van der Waals surface area contributed by atoms with Crippen molar-refractivity contribution < 1.29 is 0 Å². The molecule has 1 atom stereocenters. The molecule has 1 unspecified atom stereocenters. The molecule has 0 aromatic heterocycles. The van der Waals surface area contributed by atoms with Crippen LogP contribution in [0.2, 0.25) is 0 Å². The Labute approximate surface area is 57.4 Å². The van der Waals surface area contributed by atoms with E-state index in [0.29, 0.717) is 12.6 Å². The Hall–Kier alpha value is -0.740. The summed E-state index contributed by atoms with van der Waals surface area (Å²) in [7, 11) is 1.98. The zero-order chi connectivity index (χ0) is 7.28. The minimum absolute atomic E-state index is 0.376. The molecule has 0 heterocycles.